The van der Waals surface area contributed by atoms with Crippen molar-refractivity contribution in [3.05, 3.63) is 76.3 Å². The minimum Gasteiger partial charge on any atom is -0.466 e. The fourth-order valence-electron chi connectivity index (χ4n) is 3.37. The maximum absolute atomic E-state index is 13.4. The number of fused-ring (bicyclic) bond motifs is 1. The lowest BCUT2D eigenvalue weighted by Gasteiger charge is -2.19. The van der Waals surface area contributed by atoms with Crippen LogP contribution in [0.15, 0.2) is 70.0 Å². The van der Waals surface area contributed by atoms with Gasteiger partial charge >= 0.3 is 5.97 Å². The monoisotopic (exact) mass is 474 g/mol. The van der Waals surface area contributed by atoms with Gasteiger partial charge in [-0.2, -0.15) is 0 Å². The molecule has 3 aromatic rings. The van der Waals surface area contributed by atoms with E-state index in [4.69, 9.17) is 4.74 Å². The highest BCUT2D eigenvalue weighted by molar-refractivity contribution is 9.10. The number of esters is 1. The summed E-state index contributed by atoms with van der Waals surface area (Å²) in [5.74, 6) is -0.505. The molecule has 0 spiro atoms. The van der Waals surface area contributed by atoms with Crippen LogP contribution in [-0.2, 0) is 25.8 Å². The Balaban J connectivity index is 2.04. The Bertz CT molecular complexity index is 1120. The number of carbonyl (C=O) groups is 1. The van der Waals surface area contributed by atoms with Crippen molar-refractivity contribution in [2.45, 2.75) is 36.8 Å². The summed E-state index contributed by atoms with van der Waals surface area (Å²) in [4.78, 5) is 12.4. The second-order valence-electron chi connectivity index (χ2n) is 6.95. The van der Waals surface area contributed by atoms with Crippen LogP contribution >= 0.6 is 15.9 Å². The first-order valence-corrected chi connectivity index (χ1v) is 11.8. The molecule has 6 heteroatoms. The summed E-state index contributed by atoms with van der Waals surface area (Å²) in [5.41, 5.74) is 1.86. The van der Waals surface area contributed by atoms with Crippen LogP contribution in [0, 0.1) is 6.92 Å². The number of carbonyl (C=O) groups excluding carboxylic acids is 1. The van der Waals surface area contributed by atoms with Crippen molar-refractivity contribution < 1.29 is 17.9 Å². The molecule has 0 heterocycles. The van der Waals surface area contributed by atoms with Crippen molar-refractivity contribution in [3.8, 4) is 0 Å². The highest BCUT2D eigenvalue weighted by Gasteiger charge is 2.31. The molecule has 0 N–H and O–H groups in total. The van der Waals surface area contributed by atoms with Crippen molar-refractivity contribution in [3.63, 3.8) is 0 Å². The van der Waals surface area contributed by atoms with Gasteiger partial charge in [0.1, 0.15) is 0 Å². The zero-order chi connectivity index (χ0) is 21.0. The minimum absolute atomic E-state index is 0.186. The number of halogens is 1. The quantitative estimate of drug-likeness (QED) is 0.438. The van der Waals surface area contributed by atoms with Crippen molar-refractivity contribution >= 4 is 42.5 Å². The number of ether oxygens (including phenoxy) is 1. The molecule has 1 unspecified atom stereocenters. The Morgan fingerprint density at radius 1 is 1.00 bits per heavy atom. The van der Waals surface area contributed by atoms with Gasteiger partial charge in [-0.1, -0.05) is 64.0 Å². The topological polar surface area (TPSA) is 60.4 Å². The molecule has 0 aliphatic rings. The van der Waals surface area contributed by atoms with E-state index >= 15 is 0 Å². The van der Waals surface area contributed by atoms with Crippen LogP contribution in [0.5, 0.6) is 0 Å². The molecule has 0 amide bonds. The molecule has 3 rings (SSSR count). The van der Waals surface area contributed by atoms with Crippen LogP contribution in [0.3, 0.4) is 0 Å². The zero-order valence-electron chi connectivity index (χ0n) is 16.4. The molecule has 0 aromatic heterocycles. The summed E-state index contributed by atoms with van der Waals surface area (Å²) in [6, 6.07) is 18.4. The number of aryl methyl sites for hydroxylation is 1. The van der Waals surface area contributed by atoms with Crippen molar-refractivity contribution in [2.75, 3.05) is 6.61 Å². The molecule has 29 heavy (non-hydrogen) atoms. The maximum atomic E-state index is 13.4. The minimum atomic E-state index is -3.72. The largest absolute Gasteiger partial charge is 0.466 e. The van der Waals surface area contributed by atoms with Crippen molar-refractivity contribution in [1.29, 1.82) is 0 Å². The third-order valence-electron chi connectivity index (χ3n) is 4.90. The number of benzene rings is 3. The van der Waals surface area contributed by atoms with Gasteiger partial charge in [0, 0.05) is 4.47 Å². The van der Waals surface area contributed by atoms with Gasteiger partial charge in [-0.05, 0) is 54.8 Å². The Hall–Kier alpha value is -2.18. The van der Waals surface area contributed by atoms with E-state index in [1.54, 1.807) is 31.2 Å². The van der Waals surface area contributed by atoms with E-state index in [9.17, 15) is 13.2 Å². The lowest BCUT2D eigenvalue weighted by atomic mass is 10.00. The van der Waals surface area contributed by atoms with Crippen LogP contribution in [0.1, 0.15) is 24.5 Å². The standard InChI is InChI=1S/C23H23BrO4S/c1-3-28-23(25)15-19(29(26,27)18-11-8-16(2)9-12-18)14-17-10-13-22(24)21-7-5-4-6-20(17)21/h4-13,19H,3,14-15H2,1-2H3. The molecule has 0 bridgehead atoms. The molecule has 1 atom stereocenters. The van der Waals surface area contributed by atoms with Gasteiger partial charge in [-0.3, -0.25) is 4.79 Å². The Morgan fingerprint density at radius 2 is 1.66 bits per heavy atom. The van der Waals surface area contributed by atoms with Crippen LogP contribution in [0.25, 0.3) is 10.8 Å². The summed E-state index contributed by atoms with van der Waals surface area (Å²) in [5, 5.41) is 1.07. The molecule has 152 valence electrons. The summed E-state index contributed by atoms with van der Waals surface area (Å²) in [7, 11) is -3.72. The number of hydrogen-bond donors (Lipinski definition) is 0. The summed E-state index contributed by atoms with van der Waals surface area (Å²) >= 11 is 3.55. The van der Waals surface area contributed by atoms with Gasteiger partial charge in [0.05, 0.1) is 23.2 Å². The van der Waals surface area contributed by atoms with E-state index < -0.39 is 21.1 Å². The van der Waals surface area contributed by atoms with Gasteiger partial charge in [0.25, 0.3) is 0 Å². The number of rotatable bonds is 7. The molecule has 0 saturated heterocycles. The van der Waals surface area contributed by atoms with Crippen molar-refractivity contribution in [1.82, 2.24) is 0 Å². The lowest BCUT2D eigenvalue weighted by Crippen LogP contribution is -2.28. The summed E-state index contributed by atoms with van der Waals surface area (Å²) in [6.07, 6.45) is 0.0389. The van der Waals surface area contributed by atoms with Crippen LogP contribution < -0.4 is 0 Å². The normalized spacial score (nSPS) is 12.7. The SMILES string of the molecule is CCOC(=O)CC(Cc1ccc(Br)c2ccccc12)S(=O)(=O)c1ccc(C)cc1. The lowest BCUT2D eigenvalue weighted by molar-refractivity contribution is -0.143. The molecule has 3 aromatic carbocycles. The highest BCUT2D eigenvalue weighted by Crippen LogP contribution is 2.30. The second-order valence-corrected chi connectivity index (χ2v) is 10.0. The van der Waals surface area contributed by atoms with E-state index in [-0.39, 0.29) is 24.3 Å². The first-order valence-electron chi connectivity index (χ1n) is 9.45. The molecule has 0 fully saturated rings. The van der Waals surface area contributed by atoms with Gasteiger partial charge < -0.3 is 4.74 Å². The maximum Gasteiger partial charge on any atom is 0.307 e. The summed E-state index contributed by atoms with van der Waals surface area (Å²) in [6.45, 7) is 3.83. The van der Waals surface area contributed by atoms with E-state index in [2.05, 4.69) is 15.9 Å². The van der Waals surface area contributed by atoms with E-state index in [1.165, 1.54) is 0 Å². The third-order valence-corrected chi connectivity index (χ3v) is 7.73. The van der Waals surface area contributed by atoms with Crippen LogP contribution in [0.4, 0.5) is 0 Å². The second kappa shape index (κ2) is 9.09. The first kappa shape index (κ1) is 21.5. The number of sulfone groups is 1. The van der Waals surface area contributed by atoms with Crippen molar-refractivity contribution in [2.24, 2.45) is 0 Å². The molecule has 0 saturated carbocycles. The predicted octanol–water partition coefficient (Wildman–Crippen LogP) is 5.25. The van der Waals surface area contributed by atoms with Gasteiger partial charge in [-0.15, -0.1) is 0 Å². The van der Waals surface area contributed by atoms with Gasteiger partial charge in [-0.25, -0.2) is 8.42 Å². The van der Waals surface area contributed by atoms with E-state index in [0.717, 1.165) is 26.4 Å². The molecule has 4 nitrogen and oxygen atoms in total. The van der Waals surface area contributed by atoms with E-state index in [0.29, 0.717) is 0 Å². The predicted molar refractivity (Wildman–Crippen MR) is 119 cm³/mol. The van der Waals surface area contributed by atoms with Gasteiger partial charge in [0.15, 0.2) is 9.84 Å². The average Bonchev–Trinajstić information content (AvgIpc) is 2.70. The molecule has 0 aliphatic carbocycles. The Morgan fingerprint density at radius 3 is 2.31 bits per heavy atom. The third kappa shape index (κ3) is 4.87. The zero-order valence-corrected chi connectivity index (χ0v) is 18.8. The Kier molecular flexibility index (Phi) is 6.75. The molecular weight excluding hydrogens is 452 g/mol. The van der Waals surface area contributed by atoms with E-state index in [1.807, 2.05) is 43.3 Å². The summed E-state index contributed by atoms with van der Waals surface area (Å²) < 4.78 is 32.7. The first-order chi connectivity index (χ1) is 13.8. The van der Waals surface area contributed by atoms with Crippen LogP contribution in [0.2, 0.25) is 0 Å². The smallest absolute Gasteiger partial charge is 0.307 e. The van der Waals surface area contributed by atoms with Gasteiger partial charge in [0.2, 0.25) is 0 Å². The Labute approximate surface area is 179 Å². The fourth-order valence-corrected chi connectivity index (χ4v) is 5.50. The average molecular weight is 475 g/mol. The van der Waals surface area contributed by atoms with Crippen LogP contribution in [-0.4, -0.2) is 26.2 Å². The number of hydrogen-bond acceptors (Lipinski definition) is 4. The molecular formula is C23H23BrO4S. The highest BCUT2D eigenvalue weighted by atomic mass is 79.9. The molecule has 0 radical (unpaired) electrons. The fraction of sp³-hybridized carbons (Fsp3) is 0.261. The molecule has 0 aliphatic heterocycles.